The van der Waals surface area contributed by atoms with Crippen LogP contribution in [-0.2, 0) is 0 Å². The highest BCUT2D eigenvalue weighted by Gasteiger charge is 2.18. The summed E-state index contributed by atoms with van der Waals surface area (Å²) in [6, 6.07) is 14.9. The molecule has 0 bridgehead atoms. The first-order chi connectivity index (χ1) is 10.3. The number of hydrogen-bond acceptors (Lipinski definition) is 4. The predicted molar refractivity (Wildman–Crippen MR) is 89.4 cm³/mol. The van der Waals surface area contributed by atoms with E-state index in [-0.39, 0.29) is 0 Å². The van der Waals surface area contributed by atoms with E-state index < -0.39 is 0 Å². The van der Waals surface area contributed by atoms with Crippen LogP contribution in [0.15, 0.2) is 42.5 Å². The first-order valence-corrected chi connectivity index (χ1v) is 7.47. The Morgan fingerprint density at radius 3 is 2.38 bits per heavy atom. The van der Waals surface area contributed by atoms with Gasteiger partial charge in [0.1, 0.15) is 11.6 Å². The van der Waals surface area contributed by atoms with Gasteiger partial charge in [0, 0.05) is 38.9 Å². The summed E-state index contributed by atoms with van der Waals surface area (Å²) >= 11 is 0. The number of rotatable bonds is 3. The highest BCUT2D eigenvalue weighted by molar-refractivity contribution is 5.52. The number of pyridine rings is 1. The molecule has 4 heteroatoms. The second-order valence-corrected chi connectivity index (χ2v) is 5.44. The smallest absolute Gasteiger partial charge is 0.131 e. The Morgan fingerprint density at radius 1 is 0.952 bits per heavy atom. The number of anilines is 3. The van der Waals surface area contributed by atoms with E-state index in [1.54, 1.807) is 0 Å². The Balaban J connectivity index is 1.67. The highest BCUT2D eigenvalue weighted by atomic mass is 15.3. The highest BCUT2D eigenvalue weighted by Crippen LogP contribution is 2.21. The Morgan fingerprint density at radius 2 is 1.67 bits per heavy atom. The summed E-state index contributed by atoms with van der Waals surface area (Å²) in [5.41, 5.74) is 2.64. The lowest BCUT2D eigenvalue weighted by molar-refractivity contribution is 0.647. The van der Waals surface area contributed by atoms with Crippen LogP contribution in [0.5, 0.6) is 0 Å². The van der Waals surface area contributed by atoms with Crippen molar-refractivity contribution in [3.05, 3.63) is 48.0 Å². The number of benzene rings is 1. The summed E-state index contributed by atoms with van der Waals surface area (Å²) in [6.07, 6.45) is 0. The zero-order valence-corrected chi connectivity index (χ0v) is 12.7. The number of piperazine rings is 1. The van der Waals surface area contributed by atoms with Crippen LogP contribution in [0.4, 0.5) is 17.3 Å². The van der Waals surface area contributed by atoms with Gasteiger partial charge in [-0.3, -0.25) is 0 Å². The molecule has 0 atom stereocenters. The lowest BCUT2D eigenvalue weighted by Crippen LogP contribution is -2.46. The molecule has 0 unspecified atom stereocenters. The fourth-order valence-corrected chi connectivity index (χ4v) is 2.76. The molecule has 0 saturated carbocycles. The lowest BCUT2D eigenvalue weighted by atomic mass is 10.2. The fourth-order valence-electron chi connectivity index (χ4n) is 2.76. The second kappa shape index (κ2) is 6.04. The Hall–Kier alpha value is -2.23. The molecule has 0 amide bonds. The normalized spacial score (nSPS) is 15.1. The third-order valence-corrected chi connectivity index (χ3v) is 3.96. The van der Waals surface area contributed by atoms with Gasteiger partial charge in [-0.25, -0.2) is 4.98 Å². The molecule has 4 nitrogen and oxygen atoms in total. The average Bonchev–Trinajstić information content (AvgIpc) is 2.55. The molecule has 1 aromatic carbocycles. The number of hydrogen-bond donors (Lipinski definition) is 1. The van der Waals surface area contributed by atoms with Crippen molar-refractivity contribution in [1.82, 2.24) is 4.98 Å². The van der Waals surface area contributed by atoms with Crippen molar-refractivity contribution < 1.29 is 0 Å². The van der Waals surface area contributed by atoms with Gasteiger partial charge in [-0.15, -0.1) is 0 Å². The second-order valence-electron chi connectivity index (χ2n) is 5.44. The zero-order valence-electron chi connectivity index (χ0n) is 12.7. The van der Waals surface area contributed by atoms with Crippen molar-refractivity contribution >= 4 is 17.3 Å². The molecular formula is C17H22N4. The Labute approximate surface area is 126 Å². The van der Waals surface area contributed by atoms with E-state index in [0.29, 0.717) is 0 Å². The zero-order chi connectivity index (χ0) is 14.7. The third-order valence-electron chi connectivity index (χ3n) is 3.96. The minimum atomic E-state index is 0.925. The van der Waals surface area contributed by atoms with E-state index in [1.165, 1.54) is 11.3 Å². The van der Waals surface area contributed by atoms with Crippen molar-refractivity contribution in [3.8, 4) is 0 Å². The van der Waals surface area contributed by atoms with Gasteiger partial charge in [0.25, 0.3) is 0 Å². The summed E-state index contributed by atoms with van der Waals surface area (Å²) in [5, 5.41) is 3.10. The minimum Gasteiger partial charge on any atom is -0.373 e. The molecule has 1 saturated heterocycles. The maximum atomic E-state index is 4.62. The predicted octanol–water partition coefficient (Wildman–Crippen LogP) is 2.76. The molecule has 1 aliphatic rings. The van der Waals surface area contributed by atoms with Gasteiger partial charge in [-0.05, 0) is 36.8 Å². The summed E-state index contributed by atoms with van der Waals surface area (Å²) < 4.78 is 0. The molecule has 3 rings (SSSR count). The van der Waals surface area contributed by atoms with Crippen LogP contribution in [0.1, 0.15) is 5.56 Å². The Kier molecular flexibility index (Phi) is 3.95. The molecule has 0 aliphatic carbocycles. The summed E-state index contributed by atoms with van der Waals surface area (Å²) in [6.45, 7) is 6.24. The molecule has 2 heterocycles. The first-order valence-electron chi connectivity index (χ1n) is 7.47. The van der Waals surface area contributed by atoms with Gasteiger partial charge in [0.05, 0.1) is 0 Å². The quantitative estimate of drug-likeness (QED) is 0.938. The largest absolute Gasteiger partial charge is 0.373 e. The van der Waals surface area contributed by atoms with Gasteiger partial charge in [0.2, 0.25) is 0 Å². The van der Waals surface area contributed by atoms with Gasteiger partial charge >= 0.3 is 0 Å². The molecule has 1 fully saturated rings. The lowest BCUT2D eigenvalue weighted by Gasteiger charge is -2.37. The maximum Gasteiger partial charge on any atom is 0.131 e. The van der Waals surface area contributed by atoms with Gasteiger partial charge in [-0.2, -0.15) is 0 Å². The summed E-state index contributed by atoms with van der Waals surface area (Å²) in [5.74, 6) is 1.99. The van der Waals surface area contributed by atoms with Crippen molar-refractivity contribution in [1.29, 1.82) is 0 Å². The van der Waals surface area contributed by atoms with Crippen LogP contribution in [0.2, 0.25) is 0 Å². The van der Waals surface area contributed by atoms with Gasteiger partial charge in [-0.1, -0.05) is 18.2 Å². The number of aryl methyl sites for hydroxylation is 1. The Bertz CT molecular complexity index is 603. The molecule has 110 valence electrons. The summed E-state index contributed by atoms with van der Waals surface area (Å²) in [4.78, 5) is 9.43. The van der Waals surface area contributed by atoms with Crippen LogP contribution in [-0.4, -0.2) is 38.2 Å². The standard InChI is InChI=1S/C17H22N4/c1-14-5-3-6-15(13-14)20-9-11-21(12-10-20)17-8-4-7-16(18-2)19-17/h3-8,13H,9-12H2,1-2H3,(H,18,19). The third kappa shape index (κ3) is 3.10. The summed E-state index contributed by atoms with van der Waals surface area (Å²) in [7, 11) is 1.90. The fraction of sp³-hybridized carbons (Fsp3) is 0.353. The molecule has 0 radical (unpaired) electrons. The topological polar surface area (TPSA) is 31.4 Å². The van der Waals surface area contributed by atoms with E-state index in [4.69, 9.17) is 0 Å². The van der Waals surface area contributed by atoms with E-state index in [0.717, 1.165) is 37.8 Å². The van der Waals surface area contributed by atoms with Crippen LogP contribution in [0, 0.1) is 6.92 Å². The van der Waals surface area contributed by atoms with Crippen LogP contribution in [0.3, 0.4) is 0 Å². The maximum absolute atomic E-state index is 4.62. The van der Waals surface area contributed by atoms with Crippen LogP contribution >= 0.6 is 0 Å². The number of nitrogens with one attached hydrogen (secondary N) is 1. The van der Waals surface area contributed by atoms with Crippen molar-refractivity contribution in [2.45, 2.75) is 6.92 Å². The molecule has 2 aromatic rings. The van der Waals surface area contributed by atoms with E-state index in [9.17, 15) is 0 Å². The van der Waals surface area contributed by atoms with E-state index in [2.05, 4.69) is 63.4 Å². The van der Waals surface area contributed by atoms with Crippen LogP contribution in [0.25, 0.3) is 0 Å². The first kappa shape index (κ1) is 13.7. The van der Waals surface area contributed by atoms with Crippen molar-refractivity contribution in [2.75, 3.05) is 48.3 Å². The van der Waals surface area contributed by atoms with Gasteiger partial charge < -0.3 is 15.1 Å². The van der Waals surface area contributed by atoms with E-state index >= 15 is 0 Å². The number of nitrogens with zero attached hydrogens (tertiary/aromatic N) is 3. The van der Waals surface area contributed by atoms with Gasteiger partial charge in [0.15, 0.2) is 0 Å². The van der Waals surface area contributed by atoms with Crippen molar-refractivity contribution in [2.24, 2.45) is 0 Å². The number of aromatic nitrogens is 1. The molecule has 21 heavy (non-hydrogen) atoms. The monoisotopic (exact) mass is 282 g/mol. The SMILES string of the molecule is CNc1cccc(N2CCN(c3cccc(C)c3)CC2)n1. The molecule has 1 N–H and O–H groups in total. The van der Waals surface area contributed by atoms with Crippen molar-refractivity contribution in [3.63, 3.8) is 0 Å². The minimum absolute atomic E-state index is 0.925. The molecular weight excluding hydrogens is 260 g/mol. The average molecular weight is 282 g/mol. The molecule has 0 spiro atoms. The van der Waals surface area contributed by atoms with E-state index in [1.807, 2.05) is 13.1 Å². The van der Waals surface area contributed by atoms with Crippen LogP contribution < -0.4 is 15.1 Å². The molecule has 1 aliphatic heterocycles. The molecule has 1 aromatic heterocycles.